The van der Waals surface area contributed by atoms with Crippen LogP contribution >= 0.6 is 0 Å². The summed E-state index contributed by atoms with van der Waals surface area (Å²) in [6.45, 7) is -1.80. The number of fused-ring (bicyclic) bond motifs is 1. The van der Waals surface area contributed by atoms with Gasteiger partial charge in [0.25, 0.3) is 0 Å². The lowest BCUT2D eigenvalue weighted by Crippen LogP contribution is -2.26. The van der Waals surface area contributed by atoms with E-state index < -0.39 is 19.1 Å². The topological polar surface area (TPSA) is 37.5 Å². The predicted octanol–water partition coefficient (Wildman–Crippen LogP) is 3.03. The van der Waals surface area contributed by atoms with Crippen molar-refractivity contribution in [3.8, 4) is 5.75 Å². The number of hydrogen-bond acceptors (Lipinski definition) is 3. The Morgan fingerprint density at radius 3 is 3.14 bits per heavy atom. The zero-order chi connectivity index (χ0) is 17.3. The SMILES string of the molecule is [2H]C([2H])(CN1CC[C@H](OC(F)F)C1)c1c[nH]c2ccc(OC)cc12. The van der Waals surface area contributed by atoms with Crippen molar-refractivity contribution in [1.82, 2.24) is 9.88 Å². The molecule has 3 rings (SSSR count). The van der Waals surface area contributed by atoms with Gasteiger partial charge < -0.3 is 19.4 Å². The summed E-state index contributed by atoms with van der Waals surface area (Å²) in [5.74, 6) is 0.658. The van der Waals surface area contributed by atoms with Crippen molar-refractivity contribution < 1.29 is 21.0 Å². The van der Waals surface area contributed by atoms with Crippen LogP contribution in [0.15, 0.2) is 24.4 Å². The summed E-state index contributed by atoms with van der Waals surface area (Å²) in [6.07, 6.45) is -0.0105. The van der Waals surface area contributed by atoms with Crippen LogP contribution < -0.4 is 4.74 Å². The molecule has 120 valence electrons. The van der Waals surface area contributed by atoms with Crippen LogP contribution in [0.1, 0.15) is 14.7 Å². The molecule has 1 aromatic carbocycles. The molecule has 1 atom stereocenters. The Morgan fingerprint density at radius 2 is 2.36 bits per heavy atom. The van der Waals surface area contributed by atoms with E-state index in [1.807, 2.05) is 17.0 Å². The number of H-pyrrole nitrogens is 1. The van der Waals surface area contributed by atoms with Gasteiger partial charge in [-0.2, -0.15) is 8.78 Å². The molecule has 0 radical (unpaired) electrons. The number of aromatic amines is 1. The molecule has 22 heavy (non-hydrogen) atoms. The molecule has 1 aliphatic heterocycles. The fourth-order valence-electron chi connectivity index (χ4n) is 2.77. The molecule has 0 bridgehead atoms. The summed E-state index contributed by atoms with van der Waals surface area (Å²) in [4.78, 5) is 4.89. The molecule has 0 saturated carbocycles. The number of hydrogen-bond donors (Lipinski definition) is 1. The van der Waals surface area contributed by atoms with Gasteiger partial charge in [-0.25, -0.2) is 0 Å². The van der Waals surface area contributed by atoms with Gasteiger partial charge in [0.2, 0.25) is 0 Å². The van der Waals surface area contributed by atoms with Gasteiger partial charge in [-0.3, -0.25) is 0 Å². The molecule has 0 unspecified atom stereocenters. The minimum Gasteiger partial charge on any atom is -0.497 e. The summed E-state index contributed by atoms with van der Waals surface area (Å²) < 4.78 is 51.2. The smallest absolute Gasteiger partial charge is 0.345 e. The summed E-state index contributed by atoms with van der Waals surface area (Å²) in [7, 11) is 1.56. The molecule has 4 nitrogen and oxygen atoms in total. The van der Waals surface area contributed by atoms with Crippen LogP contribution in [0.3, 0.4) is 0 Å². The highest BCUT2D eigenvalue weighted by molar-refractivity contribution is 5.84. The first-order valence-corrected chi connectivity index (χ1v) is 7.20. The summed E-state index contributed by atoms with van der Waals surface area (Å²) in [5.41, 5.74) is 1.37. The number of benzene rings is 1. The lowest BCUT2D eigenvalue weighted by Gasteiger charge is -2.15. The van der Waals surface area contributed by atoms with Crippen molar-refractivity contribution >= 4 is 10.9 Å². The van der Waals surface area contributed by atoms with E-state index >= 15 is 0 Å². The van der Waals surface area contributed by atoms with Crippen LogP contribution in [-0.2, 0) is 11.1 Å². The maximum atomic E-state index is 12.3. The maximum absolute atomic E-state index is 12.3. The fraction of sp³-hybridized carbons (Fsp3) is 0.500. The van der Waals surface area contributed by atoms with Gasteiger partial charge in [-0.1, -0.05) is 0 Å². The minimum atomic E-state index is -2.78. The molecule has 1 aliphatic rings. The highest BCUT2D eigenvalue weighted by atomic mass is 19.3. The van der Waals surface area contributed by atoms with E-state index in [-0.39, 0.29) is 6.54 Å². The molecular weight excluding hydrogens is 290 g/mol. The molecular formula is C16H20F2N2O2. The first kappa shape index (κ1) is 12.8. The van der Waals surface area contributed by atoms with E-state index in [0.29, 0.717) is 30.8 Å². The van der Waals surface area contributed by atoms with Crippen LogP contribution in [0, 0.1) is 0 Å². The van der Waals surface area contributed by atoms with Gasteiger partial charge in [0, 0.05) is 39.5 Å². The third-order valence-electron chi connectivity index (χ3n) is 3.91. The quantitative estimate of drug-likeness (QED) is 0.891. The number of nitrogens with zero attached hydrogens (tertiary/aromatic N) is 1. The van der Waals surface area contributed by atoms with Crippen LogP contribution in [0.5, 0.6) is 5.75 Å². The number of likely N-dealkylation sites (tertiary alicyclic amines) is 1. The second kappa shape index (κ2) is 6.62. The van der Waals surface area contributed by atoms with E-state index in [4.69, 9.17) is 7.48 Å². The monoisotopic (exact) mass is 312 g/mol. The van der Waals surface area contributed by atoms with Gasteiger partial charge in [0.1, 0.15) is 5.75 Å². The molecule has 2 heterocycles. The fourth-order valence-corrected chi connectivity index (χ4v) is 2.77. The molecule has 0 aliphatic carbocycles. The number of nitrogens with one attached hydrogen (secondary N) is 1. The van der Waals surface area contributed by atoms with E-state index in [9.17, 15) is 8.78 Å². The van der Waals surface area contributed by atoms with Crippen molar-refractivity contribution in [2.24, 2.45) is 0 Å². The number of alkyl halides is 2. The molecule has 6 heteroatoms. The molecule has 1 aromatic heterocycles. The first-order valence-electron chi connectivity index (χ1n) is 8.20. The van der Waals surface area contributed by atoms with Gasteiger partial charge in [0.15, 0.2) is 0 Å². The highest BCUT2D eigenvalue weighted by Crippen LogP contribution is 2.24. The number of ether oxygens (including phenoxy) is 2. The normalized spacial score (nSPS) is 21.4. The molecule has 2 aromatic rings. The zero-order valence-corrected chi connectivity index (χ0v) is 12.3. The van der Waals surface area contributed by atoms with Crippen LogP contribution in [0.25, 0.3) is 10.9 Å². The van der Waals surface area contributed by atoms with Crippen LogP contribution in [-0.4, -0.2) is 49.3 Å². The van der Waals surface area contributed by atoms with Crippen molar-refractivity contribution in [2.75, 3.05) is 26.7 Å². The lowest BCUT2D eigenvalue weighted by atomic mass is 10.1. The maximum Gasteiger partial charge on any atom is 0.345 e. The number of aromatic nitrogens is 1. The Balaban J connectivity index is 1.76. The van der Waals surface area contributed by atoms with E-state index in [2.05, 4.69) is 9.72 Å². The van der Waals surface area contributed by atoms with Crippen molar-refractivity contribution in [3.63, 3.8) is 0 Å². The molecule has 0 spiro atoms. The Kier molecular flexibility index (Phi) is 3.87. The van der Waals surface area contributed by atoms with Crippen LogP contribution in [0.2, 0.25) is 0 Å². The van der Waals surface area contributed by atoms with Crippen LogP contribution in [0.4, 0.5) is 8.78 Å². The molecule has 0 amide bonds. The zero-order valence-electron chi connectivity index (χ0n) is 14.3. The average Bonchev–Trinajstić information content (AvgIpc) is 3.12. The Morgan fingerprint density at radius 1 is 1.50 bits per heavy atom. The first-order chi connectivity index (χ1) is 11.4. The molecule has 1 N–H and O–H groups in total. The van der Waals surface area contributed by atoms with Crippen molar-refractivity contribution in [2.45, 2.75) is 25.5 Å². The standard InChI is InChI=1S/C16H20F2N2O2/c1-21-12-2-3-15-14(8-12)11(9-19-15)4-6-20-7-5-13(10-20)22-16(17)18/h2-3,8-9,13,16,19H,4-7,10H2,1H3/t13-/m0/s1/i4D2. The van der Waals surface area contributed by atoms with E-state index in [1.165, 1.54) is 0 Å². The highest BCUT2D eigenvalue weighted by Gasteiger charge is 2.25. The lowest BCUT2D eigenvalue weighted by molar-refractivity contribution is -0.158. The Hall–Kier alpha value is -1.66. The van der Waals surface area contributed by atoms with Gasteiger partial charge in [-0.15, -0.1) is 0 Å². The van der Waals surface area contributed by atoms with Crippen molar-refractivity contribution in [3.05, 3.63) is 30.0 Å². The summed E-state index contributed by atoms with van der Waals surface area (Å²) >= 11 is 0. The second-order valence-electron chi connectivity index (χ2n) is 5.33. The van der Waals surface area contributed by atoms with Crippen molar-refractivity contribution in [1.29, 1.82) is 0 Å². The molecule has 1 saturated heterocycles. The second-order valence-corrected chi connectivity index (χ2v) is 5.33. The van der Waals surface area contributed by atoms with Gasteiger partial charge in [0.05, 0.1) is 13.2 Å². The predicted molar refractivity (Wildman–Crippen MR) is 80.5 cm³/mol. The number of rotatable bonds is 6. The largest absolute Gasteiger partial charge is 0.497 e. The number of methoxy groups -OCH3 is 1. The van der Waals surface area contributed by atoms with Gasteiger partial charge >= 0.3 is 6.61 Å². The van der Waals surface area contributed by atoms with E-state index in [1.54, 1.807) is 19.4 Å². The molecule has 1 fully saturated rings. The minimum absolute atomic E-state index is 0.125. The summed E-state index contributed by atoms with van der Waals surface area (Å²) in [5, 5.41) is 0.763. The Bertz CT molecular complexity index is 708. The number of halogens is 2. The third kappa shape index (κ3) is 3.39. The Labute approximate surface area is 130 Å². The average molecular weight is 312 g/mol. The summed E-state index contributed by atoms with van der Waals surface area (Å²) in [6, 6.07) is 5.45. The van der Waals surface area contributed by atoms with Gasteiger partial charge in [-0.05, 0) is 36.6 Å². The van der Waals surface area contributed by atoms with E-state index in [0.717, 1.165) is 10.9 Å². The third-order valence-corrected chi connectivity index (χ3v) is 3.91.